The van der Waals surface area contributed by atoms with E-state index in [1.54, 1.807) is 50.4 Å². The first-order chi connectivity index (χ1) is 20.1. The van der Waals surface area contributed by atoms with Gasteiger partial charge in [-0.15, -0.1) is 0 Å². The van der Waals surface area contributed by atoms with E-state index in [0.29, 0.717) is 11.4 Å². The van der Waals surface area contributed by atoms with Crippen LogP contribution in [0, 0.1) is 13.8 Å². The largest absolute Gasteiger partial charge is 0.497 e. The van der Waals surface area contributed by atoms with Crippen LogP contribution < -0.4 is 14.4 Å². The molecule has 2 amide bonds. The molecule has 42 heavy (non-hydrogen) atoms. The molecule has 4 rings (SSSR count). The smallest absolute Gasteiger partial charge is 0.264 e. The normalized spacial score (nSPS) is 14.6. The predicted molar refractivity (Wildman–Crippen MR) is 165 cm³/mol. The lowest BCUT2D eigenvalue weighted by atomic mass is 9.95. The van der Waals surface area contributed by atoms with Gasteiger partial charge in [-0.25, -0.2) is 8.42 Å². The molecule has 0 radical (unpaired) electrons. The molecule has 0 spiro atoms. The van der Waals surface area contributed by atoms with Crippen molar-refractivity contribution >= 4 is 27.5 Å². The Kier molecular flexibility index (Phi) is 10.3. The summed E-state index contributed by atoms with van der Waals surface area (Å²) in [4.78, 5) is 29.2. The molecule has 1 saturated carbocycles. The summed E-state index contributed by atoms with van der Waals surface area (Å²) in [7, 11) is -2.52. The van der Waals surface area contributed by atoms with Crippen LogP contribution in [0.1, 0.15) is 55.7 Å². The molecule has 0 heterocycles. The fraction of sp³-hybridized carbons (Fsp3) is 0.394. The number of hydrogen-bond donors (Lipinski definition) is 1. The number of carbonyl (C=O) groups is 2. The number of aryl methyl sites for hydroxylation is 2. The lowest BCUT2D eigenvalue weighted by Gasteiger charge is -2.33. The Morgan fingerprint density at radius 2 is 1.62 bits per heavy atom. The van der Waals surface area contributed by atoms with Crippen molar-refractivity contribution in [2.24, 2.45) is 0 Å². The maximum atomic E-state index is 14.2. The summed E-state index contributed by atoms with van der Waals surface area (Å²) in [6.07, 6.45) is 5.13. The van der Waals surface area contributed by atoms with Crippen LogP contribution in [0.15, 0.2) is 77.7 Å². The van der Waals surface area contributed by atoms with E-state index in [-0.39, 0.29) is 23.4 Å². The van der Waals surface area contributed by atoms with E-state index in [2.05, 4.69) is 5.32 Å². The molecule has 3 aromatic rings. The Hall–Kier alpha value is -3.85. The van der Waals surface area contributed by atoms with Gasteiger partial charge in [-0.2, -0.15) is 0 Å². The van der Waals surface area contributed by atoms with E-state index < -0.39 is 28.5 Å². The number of methoxy groups -OCH3 is 1. The fourth-order valence-electron chi connectivity index (χ4n) is 5.30. The molecule has 0 bridgehead atoms. The third kappa shape index (κ3) is 7.50. The number of benzene rings is 3. The summed E-state index contributed by atoms with van der Waals surface area (Å²) >= 11 is 0. The van der Waals surface area contributed by atoms with Crippen LogP contribution in [-0.2, 0) is 26.2 Å². The van der Waals surface area contributed by atoms with Gasteiger partial charge in [-0.05, 0) is 80.6 Å². The highest BCUT2D eigenvalue weighted by Crippen LogP contribution is 2.29. The molecule has 224 valence electrons. The fourth-order valence-corrected chi connectivity index (χ4v) is 6.79. The van der Waals surface area contributed by atoms with Crippen LogP contribution in [0.25, 0.3) is 0 Å². The highest BCUT2D eigenvalue weighted by Gasteiger charge is 2.33. The van der Waals surface area contributed by atoms with Crippen molar-refractivity contribution in [1.82, 2.24) is 10.2 Å². The number of nitrogens with zero attached hydrogens (tertiary/aromatic N) is 2. The van der Waals surface area contributed by atoms with Gasteiger partial charge in [-0.1, -0.05) is 61.7 Å². The number of amides is 2. The molecular weight excluding hydrogens is 550 g/mol. The quantitative estimate of drug-likeness (QED) is 0.323. The van der Waals surface area contributed by atoms with Crippen LogP contribution in [-0.4, -0.2) is 50.9 Å². The Balaban J connectivity index is 1.69. The third-order valence-electron chi connectivity index (χ3n) is 7.87. The molecule has 1 N–H and O–H groups in total. The van der Waals surface area contributed by atoms with Crippen LogP contribution in [0.2, 0.25) is 0 Å². The Bertz CT molecular complexity index is 1470. The molecule has 3 aromatic carbocycles. The number of anilines is 1. The predicted octanol–water partition coefficient (Wildman–Crippen LogP) is 5.37. The van der Waals surface area contributed by atoms with Gasteiger partial charge in [-0.3, -0.25) is 13.9 Å². The van der Waals surface area contributed by atoms with Crippen molar-refractivity contribution in [2.75, 3.05) is 18.0 Å². The minimum Gasteiger partial charge on any atom is -0.497 e. The number of rotatable bonds is 11. The monoisotopic (exact) mass is 591 g/mol. The number of sulfonamides is 1. The van der Waals surface area contributed by atoms with Gasteiger partial charge in [0.1, 0.15) is 18.3 Å². The van der Waals surface area contributed by atoms with Crippen LogP contribution >= 0.6 is 0 Å². The van der Waals surface area contributed by atoms with Gasteiger partial charge in [0.15, 0.2) is 0 Å². The van der Waals surface area contributed by atoms with Gasteiger partial charge in [0.2, 0.25) is 11.8 Å². The van der Waals surface area contributed by atoms with Gasteiger partial charge >= 0.3 is 0 Å². The van der Waals surface area contributed by atoms with Crippen molar-refractivity contribution in [3.8, 4) is 5.75 Å². The standard InChI is InChI=1S/C33H41N3O5S/c1-24-15-16-25(2)31(21-24)36(42(39,40)30-13-9-6-10-14-30)23-32(37)35(22-27-17-19-29(41-4)20-18-27)26(3)33(38)34-28-11-7-5-8-12-28/h6,9-10,13-21,26,28H,5,7-8,11-12,22-23H2,1-4H3,(H,34,38)/t26-/m0/s1. The summed E-state index contributed by atoms with van der Waals surface area (Å²) in [5, 5.41) is 3.13. The van der Waals surface area contributed by atoms with E-state index in [1.807, 2.05) is 38.1 Å². The Morgan fingerprint density at radius 1 is 0.952 bits per heavy atom. The first-order valence-corrected chi connectivity index (χ1v) is 15.9. The molecule has 1 fully saturated rings. The van der Waals surface area contributed by atoms with Crippen molar-refractivity contribution < 1.29 is 22.7 Å². The summed E-state index contributed by atoms with van der Waals surface area (Å²) < 4.78 is 34.5. The van der Waals surface area contributed by atoms with Gasteiger partial charge in [0.05, 0.1) is 17.7 Å². The van der Waals surface area contributed by atoms with Gasteiger partial charge < -0.3 is 15.0 Å². The molecule has 0 saturated heterocycles. The lowest BCUT2D eigenvalue weighted by molar-refractivity contribution is -0.139. The third-order valence-corrected chi connectivity index (χ3v) is 9.65. The maximum Gasteiger partial charge on any atom is 0.264 e. The number of carbonyl (C=O) groups excluding carboxylic acids is 2. The number of ether oxygens (including phenoxy) is 1. The Labute approximate surface area is 249 Å². The topological polar surface area (TPSA) is 96.0 Å². The Morgan fingerprint density at radius 3 is 2.26 bits per heavy atom. The lowest BCUT2D eigenvalue weighted by Crippen LogP contribution is -2.53. The maximum absolute atomic E-state index is 14.2. The summed E-state index contributed by atoms with van der Waals surface area (Å²) in [5.74, 6) is -0.0414. The molecule has 0 unspecified atom stereocenters. The molecule has 0 aromatic heterocycles. The second-order valence-corrected chi connectivity index (χ2v) is 12.9. The van der Waals surface area contributed by atoms with Crippen molar-refractivity contribution in [2.45, 2.75) is 76.4 Å². The molecular formula is C33H41N3O5S. The van der Waals surface area contributed by atoms with E-state index in [0.717, 1.165) is 48.8 Å². The van der Waals surface area contributed by atoms with E-state index in [9.17, 15) is 18.0 Å². The summed E-state index contributed by atoms with van der Waals surface area (Å²) in [5.41, 5.74) is 2.81. The summed E-state index contributed by atoms with van der Waals surface area (Å²) in [6.45, 7) is 5.08. The average molecular weight is 592 g/mol. The zero-order valence-electron chi connectivity index (χ0n) is 24.9. The van der Waals surface area contributed by atoms with Crippen molar-refractivity contribution in [1.29, 1.82) is 0 Å². The zero-order valence-corrected chi connectivity index (χ0v) is 25.7. The van der Waals surface area contributed by atoms with Crippen molar-refractivity contribution in [3.05, 3.63) is 89.5 Å². The van der Waals surface area contributed by atoms with Crippen LogP contribution in [0.3, 0.4) is 0 Å². The minimum absolute atomic E-state index is 0.0801. The highest BCUT2D eigenvalue weighted by molar-refractivity contribution is 7.92. The van der Waals surface area contributed by atoms with E-state index >= 15 is 0 Å². The highest BCUT2D eigenvalue weighted by atomic mass is 32.2. The number of hydrogen-bond acceptors (Lipinski definition) is 5. The second kappa shape index (κ2) is 13.9. The SMILES string of the molecule is COc1ccc(CN(C(=O)CN(c2cc(C)ccc2C)S(=O)(=O)c2ccccc2)[C@@H](C)C(=O)NC2CCCCC2)cc1. The molecule has 8 nitrogen and oxygen atoms in total. The average Bonchev–Trinajstić information content (AvgIpc) is 3.00. The molecule has 1 atom stereocenters. The van der Waals surface area contributed by atoms with Gasteiger partial charge in [0, 0.05) is 12.6 Å². The zero-order chi connectivity index (χ0) is 30.3. The number of nitrogens with one attached hydrogen (secondary N) is 1. The van der Waals surface area contributed by atoms with Crippen LogP contribution in [0.4, 0.5) is 5.69 Å². The molecule has 9 heteroatoms. The van der Waals surface area contributed by atoms with E-state index in [4.69, 9.17) is 4.74 Å². The molecule has 1 aliphatic rings. The van der Waals surface area contributed by atoms with Crippen LogP contribution in [0.5, 0.6) is 5.75 Å². The molecule has 0 aliphatic heterocycles. The van der Waals surface area contributed by atoms with E-state index in [1.165, 1.54) is 21.3 Å². The van der Waals surface area contributed by atoms with Crippen molar-refractivity contribution in [3.63, 3.8) is 0 Å². The molecule has 1 aliphatic carbocycles. The first-order valence-electron chi connectivity index (χ1n) is 14.5. The summed E-state index contributed by atoms with van der Waals surface area (Å²) in [6, 6.07) is 20.2. The second-order valence-electron chi connectivity index (χ2n) is 11.0. The first kappa shape index (κ1) is 31.1. The minimum atomic E-state index is -4.10. The van der Waals surface area contributed by atoms with Gasteiger partial charge in [0.25, 0.3) is 10.0 Å².